The van der Waals surface area contributed by atoms with Gasteiger partial charge in [0, 0.05) is 12.8 Å². The smallest absolute Gasteiger partial charge is 0.306 e. The van der Waals surface area contributed by atoms with Gasteiger partial charge in [0.15, 0.2) is 6.10 Å². The van der Waals surface area contributed by atoms with Crippen LogP contribution in [0.1, 0.15) is 226 Å². The van der Waals surface area contributed by atoms with E-state index in [0.29, 0.717) is 17.4 Å². The van der Waals surface area contributed by atoms with Gasteiger partial charge in [-0.1, -0.05) is 210 Å². The lowest BCUT2D eigenvalue weighted by molar-refractivity contribution is -0.870. The Labute approximate surface area is 388 Å². The first-order chi connectivity index (χ1) is 30.5. The Morgan fingerprint density at radius 1 is 0.508 bits per heavy atom. The topological polar surface area (TPSA) is 111 Å². The van der Waals surface area contributed by atoms with E-state index in [2.05, 4.69) is 62.5 Å². The summed E-state index contributed by atoms with van der Waals surface area (Å²) in [6, 6.07) is 0. The van der Waals surface area contributed by atoms with Gasteiger partial charge in [-0.25, -0.2) is 0 Å². The molecule has 0 saturated carbocycles. The third-order valence-electron chi connectivity index (χ3n) is 11.1. The van der Waals surface area contributed by atoms with Gasteiger partial charge in [-0.2, -0.15) is 0 Å². The predicted octanol–water partition coefficient (Wildman–Crippen LogP) is 14.8. The number of allylic oxidation sites excluding steroid dienone is 8. The maximum absolute atomic E-state index is 12.7. The summed E-state index contributed by atoms with van der Waals surface area (Å²) < 4.78 is 34.1. The van der Waals surface area contributed by atoms with Crippen molar-refractivity contribution in [2.75, 3.05) is 47.5 Å². The predicted molar refractivity (Wildman–Crippen MR) is 264 cm³/mol. The van der Waals surface area contributed by atoms with Gasteiger partial charge in [-0.05, 0) is 51.4 Å². The van der Waals surface area contributed by atoms with Crippen molar-refractivity contribution in [3.63, 3.8) is 0 Å². The first-order valence-corrected chi connectivity index (χ1v) is 27.3. The molecular weight excluding hydrogens is 810 g/mol. The first-order valence-electron chi connectivity index (χ1n) is 25.8. The number of carbonyl (C=O) groups is 2. The summed E-state index contributed by atoms with van der Waals surface area (Å²) >= 11 is 0. The minimum atomic E-state index is -4.63. The summed E-state index contributed by atoms with van der Waals surface area (Å²) in [6.07, 6.45) is 54.2. The van der Waals surface area contributed by atoms with Crippen molar-refractivity contribution in [2.45, 2.75) is 232 Å². The van der Waals surface area contributed by atoms with E-state index in [1.807, 2.05) is 21.1 Å². The second-order valence-corrected chi connectivity index (χ2v) is 19.9. The van der Waals surface area contributed by atoms with Crippen LogP contribution in [-0.4, -0.2) is 70.0 Å². The van der Waals surface area contributed by atoms with Crippen LogP contribution in [0, 0.1) is 0 Å². The number of hydrogen-bond donors (Lipinski definition) is 0. The number of unbranched alkanes of at least 4 members (excludes halogenated alkanes) is 25. The minimum absolute atomic E-state index is 0.0326. The molecule has 0 rings (SSSR count). The van der Waals surface area contributed by atoms with Crippen LogP contribution in [0.4, 0.5) is 0 Å². The molecule has 0 spiro atoms. The number of phosphoric acid groups is 1. The average Bonchev–Trinajstić information content (AvgIpc) is 3.24. The molecule has 0 fully saturated rings. The maximum Gasteiger partial charge on any atom is 0.306 e. The van der Waals surface area contributed by atoms with Crippen molar-refractivity contribution in [3.05, 3.63) is 48.6 Å². The maximum atomic E-state index is 12.7. The number of rotatable bonds is 47. The van der Waals surface area contributed by atoms with E-state index in [0.717, 1.165) is 70.6 Å². The third kappa shape index (κ3) is 49.2. The van der Waals surface area contributed by atoms with E-state index in [4.69, 9.17) is 18.5 Å². The van der Waals surface area contributed by atoms with E-state index < -0.39 is 26.5 Å². The molecule has 0 heterocycles. The molecule has 0 aliphatic heterocycles. The van der Waals surface area contributed by atoms with Gasteiger partial charge in [0.2, 0.25) is 0 Å². The fraction of sp³-hybridized carbons (Fsp3) is 0.811. The monoisotopic (exact) mass is 908 g/mol. The number of ether oxygens (including phenoxy) is 2. The van der Waals surface area contributed by atoms with E-state index in [-0.39, 0.29) is 32.0 Å². The van der Waals surface area contributed by atoms with Crippen molar-refractivity contribution in [3.8, 4) is 0 Å². The minimum Gasteiger partial charge on any atom is -0.756 e. The van der Waals surface area contributed by atoms with Gasteiger partial charge < -0.3 is 27.9 Å². The molecule has 0 radical (unpaired) electrons. The molecule has 2 atom stereocenters. The van der Waals surface area contributed by atoms with Gasteiger partial charge >= 0.3 is 11.9 Å². The summed E-state index contributed by atoms with van der Waals surface area (Å²) in [6.45, 7) is 4.14. The number of likely N-dealkylation sites (N-methyl/N-ethyl adjacent to an activating group) is 1. The molecule has 0 aliphatic rings. The van der Waals surface area contributed by atoms with Crippen LogP contribution < -0.4 is 4.89 Å². The first kappa shape index (κ1) is 61.0. The fourth-order valence-corrected chi connectivity index (χ4v) is 7.85. The number of hydrogen-bond acceptors (Lipinski definition) is 8. The SMILES string of the molecule is CC/C=C\C/C=C\C/C=C\C/C=C\CCCCCCCCCCC(=O)OC(COC(=O)CCCCCCCCCCCCCCCCCCCC)COP(=O)([O-])OCC[N+](C)(C)C. The quantitative estimate of drug-likeness (QED) is 0.0195. The van der Waals surface area contributed by atoms with Gasteiger partial charge in [-0.15, -0.1) is 0 Å². The van der Waals surface area contributed by atoms with Crippen molar-refractivity contribution in [2.24, 2.45) is 0 Å². The Bertz CT molecular complexity index is 1210. The number of esters is 2. The third-order valence-corrected chi connectivity index (χ3v) is 12.1. The molecule has 0 aromatic heterocycles. The summed E-state index contributed by atoms with van der Waals surface area (Å²) in [5.41, 5.74) is 0. The lowest BCUT2D eigenvalue weighted by Crippen LogP contribution is -2.37. The lowest BCUT2D eigenvalue weighted by Gasteiger charge is -2.28. The zero-order valence-corrected chi connectivity index (χ0v) is 42.4. The summed E-state index contributed by atoms with van der Waals surface area (Å²) in [5.74, 6) is -0.836. The average molecular weight is 908 g/mol. The molecule has 0 aromatic carbocycles. The lowest BCUT2D eigenvalue weighted by atomic mass is 10.0. The molecule has 368 valence electrons. The molecule has 9 nitrogen and oxygen atoms in total. The molecule has 0 aromatic rings. The number of quaternary nitrogens is 1. The van der Waals surface area contributed by atoms with E-state index >= 15 is 0 Å². The van der Waals surface area contributed by atoms with Crippen LogP contribution in [0.15, 0.2) is 48.6 Å². The van der Waals surface area contributed by atoms with E-state index in [1.165, 1.54) is 122 Å². The summed E-state index contributed by atoms with van der Waals surface area (Å²) in [7, 11) is 1.16. The highest BCUT2D eigenvalue weighted by Gasteiger charge is 2.21. The molecule has 10 heteroatoms. The Balaban J connectivity index is 4.25. The van der Waals surface area contributed by atoms with Gasteiger partial charge in [0.1, 0.15) is 19.8 Å². The largest absolute Gasteiger partial charge is 0.756 e. The van der Waals surface area contributed by atoms with Crippen molar-refractivity contribution < 1.29 is 42.1 Å². The normalized spacial score (nSPS) is 13.8. The van der Waals surface area contributed by atoms with Crippen molar-refractivity contribution in [1.82, 2.24) is 0 Å². The molecule has 0 N–H and O–H groups in total. The zero-order valence-electron chi connectivity index (χ0n) is 41.5. The number of phosphoric ester groups is 1. The Kier molecular flexibility index (Phi) is 43.7. The molecular formula is C53H98NO8P. The molecule has 0 amide bonds. The second-order valence-electron chi connectivity index (χ2n) is 18.5. The van der Waals surface area contributed by atoms with Gasteiger partial charge in [0.05, 0.1) is 27.7 Å². The standard InChI is InChI=1S/C53H98NO8P/c1-6-8-10-12-14-16-18-20-22-24-26-27-28-30-32-34-36-38-40-42-44-46-53(56)62-51(50-61-63(57,58)60-48-47-54(3,4)5)49-59-52(55)45-43-41-39-37-35-33-31-29-25-23-21-19-17-15-13-11-9-7-2/h8,10,14,16,20,22,26-27,51H,6-7,9,11-13,15,17-19,21,23-25,28-50H2,1-5H3/b10-8-,16-14-,22-20-,27-26-. The number of carbonyl (C=O) groups excluding carboxylic acids is 2. The van der Waals surface area contributed by atoms with Crippen molar-refractivity contribution in [1.29, 1.82) is 0 Å². The Morgan fingerprint density at radius 2 is 0.905 bits per heavy atom. The van der Waals surface area contributed by atoms with E-state index in [9.17, 15) is 19.0 Å². The Hall–Kier alpha value is -2.03. The van der Waals surface area contributed by atoms with Crippen LogP contribution in [-0.2, 0) is 32.7 Å². The summed E-state index contributed by atoms with van der Waals surface area (Å²) in [4.78, 5) is 37.7. The summed E-state index contributed by atoms with van der Waals surface area (Å²) in [5, 5.41) is 0. The van der Waals surface area contributed by atoms with Crippen LogP contribution in [0.5, 0.6) is 0 Å². The molecule has 63 heavy (non-hydrogen) atoms. The van der Waals surface area contributed by atoms with Crippen LogP contribution >= 0.6 is 7.82 Å². The van der Waals surface area contributed by atoms with Crippen molar-refractivity contribution >= 4 is 19.8 Å². The van der Waals surface area contributed by atoms with Gasteiger partial charge in [0.25, 0.3) is 7.82 Å². The fourth-order valence-electron chi connectivity index (χ4n) is 7.12. The van der Waals surface area contributed by atoms with Crippen LogP contribution in [0.2, 0.25) is 0 Å². The highest BCUT2D eigenvalue weighted by molar-refractivity contribution is 7.45. The molecule has 0 bridgehead atoms. The Morgan fingerprint density at radius 3 is 1.35 bits per heavy atom. The highest BCUT2D eigenvalue weighted by Crippen LogP contribution is 2.38. The molecule has 0 saturated heterocycles. The molecule has 2 unspecified atom stereocenters. The second kappa shape index (κ2) is 45.1. The van der Waals surface area contributed by atoms with Gasteiger partial charge in [-0.3, -0.25) is 14.2 Å². The zero-order chi connectivity index (χ0) is 46.4. The molecule has 0 aliphatic carbocycles. The van der Waals surface area contributed by atoms with Crippen LogP contribution in [0.3, 0.4) is 0 Å². The van der Waals surface area contributed by atoms with E-state index in [1.54, 1.807) is 0 Å². The highest BCUT2D eigenvalue weighted by atomic mass is 31.2. The number of nitrogens with zero attached hydrogens (tertiary/aromatic N) is 1. The van der Waals surface area contributed by atoms with Crippen LogP contribution in [0.25, 0.3) is 0 Å².